The molecule has 4 heterocycles. The summed E-state index contributed by atoms with van der Waals surface area (Å²) in [6, 6.07) is 3.56. The summed E-state index contributed by atoms with van der Waals surface area (Å²) in [7, 11) is 0. The summed E-state index contributed by atoms with van der Waals surface area (Å²) < 4.78 is 0. The number of hydrogen-bond acceptors (Lipinski definition) is 7. The molecule has 0 radical (unpaired) electrons. The molecular formula is C18H22N6S. The van der Waals surface area contributed by atoms with E-state index in [1.54, 1.807) is 23.7 Å². The largest absolute Gasteiger partial charge is 0.329 e. The normalized spacial score (nSPS) is 16.1. The molecule has 4 N–H and O–H groups in total. The molecule has 0 spiro atoms. The zero-order valence-corrected chi connectivity index (χ0v) is 15.1. The van der Waals surface area contributed by atoms with Gasteiger partial charge in [0, 0.05) is 47.9 Å². The summed E-state index contributed by atoms with van der Waals surface area (Å²) in [5.41, 5.74) is 15.4. The van der Waals surface area contributed by atoms with Gasteiger partial charge in [-0.15, -0.1) is 11.3 Å². The second-order valence-electron chi connectivity index (χ2n) is 6.31. The van der Waals surface area contributed by atoms with Gasteiger partial charge in [-0.1, -0.05) is 6.92 Å². The molecule has 1 aliphatic heterocycles. The van der Waals surface area contributed by atoms with Crippen molar-refractivity contribution >= 4 is 21.6 Å². The van der Waals surface area contributed by atoms with Crippen molar-refractivity contribution in [3.05, 3.63) is 40.7 Å². The Hall–Kier alpha value is -1.93. The van der Waals surface area contributed by atoms with Gasteiger partial charge >= 0.3 is 0 Å². The molecule has 0 aliphatic carbocycles. The Bertz CT molecular complexity index is 891. The summed E-state index contributed by atoms with van der Waals surface area (Å²) in [6.07, 6.45) is 4.53. The molecule has 0 bridgehead atoms. The maximum atomic E-state index is 6.32. The predicted octanol–water partition coefficient (Wildman–Crippen LogP) is 2.09. The summed E-state index contributed by atoms with van der Waals surface area (Å²) in [6.45, 7) is 5.69. The molecule has 1 atom stereocenters. The first kappa shape index (κ1) is 16.5. The van der Waals surface area contributed by atoms with Crippen LogP contribution in [0.3, 0.4) is 0 Å². The van der Waals surface area contributed by atoms with E-state index in [2.05, 4.69) is 16.8 Å². The van der Waals surface area contributed by atoms with E-state index in [1.807, 2.05) is 12.1 Å². The van der Waals surface area contributed by atoms with E-state index in [9.17, 15) is 0 Å². The first-order valence-corrected chi connectivity index (χ1v) is 9.43. The highest BCUT2D eigenvalue weighted by atomic mass is 32.1. The average molecular weight is 354 g/mol. The molecule has 1 aliphatic rings. The third-order valence-electron chi connectivity index (χ3n) is 4.80. The van der Waals surface area contributed by atoms with E-state index in [0.29, 0.717) is 12.4 Å². The number of thiophene rings is 1. The molecule has 0 saturated carbocycles. The molecule has 0 aromatic carbocycles. The van der Waals surface area contributed by atoms with Gasteiger partial charge in [0.1, 0.15) is 4.83 Å². The van der Waals surface area contributed by atoms with Crippen LogP contribution in [0.2, 0.25) is 0 Å². The lowest BCUT2D eigenvalue weighted by atomic mass is 10.0. The van der Waals surface area contributed by atoms with Crippen molar-refractivity contribution in [2.24, 2.45) is 11.5 Å². The van der Waals surface area contributed by atoms with Crippen molar-refractivity contribution in [3.63, 3.8) is 0 Å². The van der Waals surface area contributed by atoms with Crippen LogP contribution >= 0.6 is 11.3 Å². The van der Waals surface area contributed by atoms with Gasteiger partial charge < -0.3 is 11.5 Å². The number of rotatable bonds is 4. The maximum absolute atomic E-state index is 6.32. The highest BCUT2D eigenvalue weighted by molar-refractivity contribution is 7.18. The minimum Gasteiger partial charge on any atom is -0.329 e. The lowest BCUT2D eigenvalue weighted by Gasteiger charge is -2.25. The van der Waals surface area contributed by atoms with E-state index in [1.165, 1.54) is 10.4 Å². The second kappa shape index (κ2) is 6.76. The van der Waals surface area contributed by atoms with Crippen molar-refractivity contribution in [1.82, 2.24) is 19.9 Å². The molecule has 4 rings (SSSR count). The highest BCUT2D eigenvalue weighted by Gasteiger charge is 2.25. The lowest BCUT2D eigenvalue weighted by Crippen LogP contribution is -2.29. The van der Waals surface area contributed by atoms with Gasteiger partial charge in [-0.05, 0) is 30.7 Å². The van der Waals surface area contributed by atoms with Crippen molar-refractivity contribution in [2.75, 3.05) is 19.6 Å². The molecular weight excluding hydrogens is 332 g/mol. The van der Waals surface area contributed by atoms with Gasteiger partial charge in [0.25, 0.3) is 0 Å². The van der Waals surface area contributed by atoms with Gasteiger partial charge in [-0.2, -0.15) is 0 Å². The van der Waals surface area contributed by atoms with Gasteiger partial charge in [-0.3, -0.25) is 9.88 Å². The van der Waals surface area contributed by atoms with Crippen molar-refractivity contribution in [1.29, 1.82) is 0 Å². The van der Waals surface area contributed by atoms with Gasteiger partial charge in [0.15, 0.2) is 5.82 Å². The smallest absolute Gasteiger partial charge is 0.161 e. The van der Waals surface area contributed by atoms with Crippen LogP contribution < -0.4 is 11.5 Å². The summed E-state index contributed by atoms with van der Waals surface area (Å²) in [4.78, 5) is 18.6. The SMILES string of the molecule is CCN1CCc2c(sc3nc(-c4ccncc4)nc(C(N)CN)c23)C1. The Morgan fingerprint density at radius 1 is 1.28 bits per heavy atom. The monoisotopic (exact) mass is 354 g/mol. The third-order valence-corrected chi connectivity index (χ3v) is 5.91. The summed E-state index contributed by atoms with van der Waals surface area (Å²) in [5.74, 6) is 0.694. The number of fused-ring (bicyclic) bond motifs is 3. The highest BCUT2D eigenvalue weighted by Crippen LogP contribution is 2.38. The maximum Gasteiger partial charge on any atom is 0.161 e. The quantitative estimate of drug-likeness (QED) is 0.745. The molecule has 0 fully saturated rings. The summed E-state index contributed by atoms with van der Waals surface area (Å²) in [5, 5.41) is 1.13. The standard InChI is InChI=1S/C18H22N6S/c1-2-24-8-5-12-14(10-24)25-18-15(12)16(13(20)9-19)22-17(23-18)11-3-6-21-7-4-11/h3-4,6-7,13H,2,5,8-10,19-20H2,1H3. The Morgan fingerprint density at radius 2 is 2.08 bits per heavy atom. The van der Waals surface area contributed by atoms with Crippen LogP contribution in [0.4, 0.5) is 0 Å². The topological polar surface area (TPSA) is 94.0 Å². The average Bonchev–Trinajstić information content (AvgIpc) is 3.04. The fourth-order valence-corrected chi connectivity index (χ4v) is 4.63. The van der Waals surface area contributed by atoms with Crippen LogP contribution in [0.15, 0.2) is 24.5 Å². The van der Waals surface area contributed by atoms with Crippen LogP contribution in [-0.2, 0) is 13.0 Å². The van der Waals surface area contributed by atoms with Crippen LogP contribution in [0, 0.1) is 0 Å². The van der Waals surface area contributed by atoms with E-state index in [4.69, 9.17) is 21.4 Å². The van der Waals surface area contributed by atoms with Crippen LogP contribution in [0.25, 0.3) is 21.6 Å². The van der Waals surface area contributed by atoms with Crippen LogP contribution in [0.1, 0.15) is 29.1 Å². The second-order valence-corrected chi connectivity index (χ2v) is 7.40. The van der Waals surface area contributed by atoms with E-state index < -0.39 is 0 Å². The van der Waals surface area contributed by atoms with Gasteiger partial charge in [-0.25, -0.2) is 9.97 Å². The first-order chi connectivity index (χ1) is 12.2. The van der Waals surface area contributed by atoms with Gasteiger partial charge in [0.2, 0.25) is 0 Å². The van der Waals surface area contributed by atoms with Crippen LogP contribution in [0.5, 0.6) is 0 Å². The minimum atomic E-state index is -0.283. The fraction of sp³-hybridized carbons (Fsp3) is 0.389. The van der Waals surface area contributed by atoms with E-state index >= 15 is 0 Å². The number of hydrogen-bond donors (Lipinski definition) is 2. The zero-order valence-electron chi connectivity index (χ0n) is 14.3. The number of likely N-dealkylation sites (N-methyl/N-ethyl adjacent to an activating group) is 1. The van der Waals surface area contributed by atoms with Crippen LogP contribution in [-0.4, -0.2) is 39.5 Å². The van der Waals surface area contributed by atoms with Gasteiger partial charge in [0.05, 0.1) is 11.7 Å². The number of nitrogens with two attached hydrogens (primary N) is 2. The lowest BCUT2D eigenvalue weighted by molar-refractivity contribution is 0.272. The fourth-order valence-electron chi connectivity index (χ4n) is 3.36. The zero-order chi connectivity index (χ0) is 17.4. The summed E-state index contributed by atoms with van der Waals surface area (Å²) >= 11 is 1.76. The molecule has 7 heteroatoms. The number of nitrogens with zero attached hydrogens (tertiary/aromatic N) is 4. The van der Waals surface area contributed by atoms with E-state index in [-0.39, 0.29) is 6.04 Å². The number of aromatic nitrogens is 3. The Morgan fingerprint density at radius 3 is 2.80 bits per heavy atom. The molecule has 130 valence electrons. The predicted molar refractivity (Wildman–Crippen MR) is 101 cm³/mol. The molecule has 25 heavy (non-hydrogen) atoms. The Balaban J connectivity index is 1.92. The third kappa shape index (κ3) is 2.93. The molecule has 6 nitrogen and oxygen atoms in total. The molecule has 3 aromatic heterocycles. The van der Waals surface area contributed by atoms with Crippen molar-refractivity contribution in [3.8, 4) is 11.4 Å². The van der Waals surface area contributed by atoms with E-state index in [0.717, 1.165) is 47.5 Å². The number of pyridine rings is 1. The van der Waals surface area contributed by atoms with Crippen molar-refractivity contribution in [2.45, 2.75) is 25.9 Å². The molecule has 3 aromatic rings. The minimum absolute atomic E-state index is 0.283. The molecule has 1 unspecified atom stereocenters. The van der Waals surface area contributed by atoms with Crippen molar-refractivity contribution < 1.29 is 0 Å². The first-order valence-electron chi connectivity index (χ1n) is 8.61. The Labute approximate surface area is 150 Å². The molecule has 0 saturated heterocycles. The molecule has 0 amide bonds. The Kier molecular flexibility index (Phi) is 4.47.